The number of ether oxygens (including phenoxy) is 3. The number of hydrogen-bond acceptors (Lipinski definition) is 5. The van der Waals surface area contributed by atoms with Gasteiger partial charge in [0.1, 0.15) is 11.7 Å². The third-order valence-corrected chi connectivity index (χ3v) is 10.9. The lowest BCUT2D eigenvalue weighted by molar-refractivity contribution is -0.230. The number of nitrogens with zero attached hydrogens (tertiary/aromatic N) is 2. The van der Waals surface area contributed by atoms with Gasteiger partial charge in [-0.2, -0.15) is 0 Å². The maximum atomic E-state index is 7.08. The zero-order valence-electron chi connectivity index (χ0n) is 20.9. The number of rotatable bonds is 4. The average molecular weight is 471 g/mol. The van der Waals surface area contributed by atoms with Crippen molar-refractivity contribution in [3.63, 3.8) is 0 Å². The van der Waals surface area contributed by atoms with E-state index in [-0.39, 0.29) is 16.9 Å². The van der Waals surface area contributed by atoms with E-state index >= 15 is 0 Å². The Morgan fingerprint density at radius 1 is 1.03 bits per heavy atom. The number of piperidine rings is 1. The van der Waals surface area contributed by atoms with E-state index in [1.165, 1.54) is 16.7 Å². The maximum absolute atomic E-state index is 7.08. The maximum Gasteiger partial charge on any atom is 0.166 e. The Morgan fingerprint density at radius 3 is 2.66 bits per heavy atom. The van der Waals surface area contributed by atoms with E-state index < -0.39 is 5.60 Å². The van der Waals surface area contributed by atoms with Crippen LogP contribution in [0.3, 0.4) is 0 Å². The fourth-order valence-electron chi connectivity index (χ4n) is 9.75. The molecule has 0 aromatic heterocycles. The fraction of sp³-hybridized carbons (Fsp3) is 0.533. The van der Waals surface area contributed by atoms with Crippen LogP contribution in [0.5, 0.6) is 11.5 Å². The van der Waals surface area contributed by atoms with E-state index in [9.17, 15) is 0 Å². The third kappa shape index (κ3) is 2.16. The SMILES string of the molecule is COc1ccc2c3c1O[C@H]1[C@@]4(OC)C=C[C@@]5([C@@H]6CN(Cc7ccccc7)C[C@@H]64)[C@@H](C2)N(C)CC[C@]315. The van der Waals surface area contributed by atoms with Gasteiger partial charge in [-0.05, 0) is 49.5 Å². The van der Waals surface area contributed by atoms with Crippen LogP contribution in [0.15, 0.2) is 54.6 Å². The van der Waals surface area contributed by atoms with Gasteiger partial charge in [-0.1, -0.05) is 48.6 Å². The molecule has 7 aliphatic rings. The summed E-state index contributed by atoms with van der Waals surface area (Å²) in [5.41, 5.74) is 3.85. The Bertz CT molecular complexity index is 1250. The Balaban J connectivity index is 1.34. The van der Waals surface area contributed by atoms with Gasteiger partial charge in [0.25, 0.3) is 0 Å². The normalized spacial score (nSPS) is 42.0. The predicted molar refractivity (Wildman–Crippen MR) is 134 cm³/mol. The minimum absolute atomic E-state index is 0.00975. The number of benzene rings is 2. The number of hydrogen-bond donors (Lipinski definition) is 0. The molecule has 0 unspecified atom stereocenters. The summed E-state index contributed by atoms with van der Waals surface area (Å²) in [6.07, 6.45) is 7.21. The third-order valence-electron chi connectivity index (χ3n) is 10.9. The number of likely N-dealkylation sites (tertiary alicyclic amines) is 2. The molecule has 4 bridgehead atoms. The Kier molecular flexibility index (Phi) is 3.98. The summed E-state index contributed by atoms with van der Waals surface area (Å²) in [7, 11) is 6.03. The van der Waals surface area contributed by atoms with Crippen LogP contribution in [0.1, 0.15) is 23.1 Å². The Hall–Kier alpha value is -2.34. The van der Waals surface area contributed by atoms with Crippen LogP contribution >= 0.6 is 0 Å². The van der Waals surface area contributed by atoms with Gasteiger partial charge in [0.15, 0.2) is 11.5 Å². The highest BCUT2D eigenvalue weighted by atomic mass is 16.6. The smallest absolute Gasteiger partial charge is 0.166 e. The first-order chi connectivity index (χ1) is 17.1. The summed E-state index contributed by atoms with van der Waals surface area (Å²) in [4.78, 5) is 5.34. The van der Waals surface area contributed by atoms with Crippen molar-refractivity contribution in [3.8, 4) is 11.5 Å². The first kappa shape index (κ1) is 20.8. The van der Waals surface area contributed by atoms with Crippen molar-refractivity contribution in [1.82, 2.24) is 9.80 Å². The monoisotopic (exact) mass is 470 g/mol. The van der Waals surface area contributed by atoms with E-state index in [0.29, 0.717) is 17.9 Å². The highest BCUT2D eigenvalue weighted by Gasteiger charge is 2.82. The molecule has 2 aromatic carbocycles. The minimum Gasteiger partial charge on any atom is -0.493 e. The van der Waals surface area contributed by atoms with Gasteiger partial charge in [0.05, 0.1) is 12.5 Å². The van der Waals surface area contributed by atoms with Crippen LogP contribution < -0.4 is 9.47 Å². The molecule has 5 heteroatoms. The summed E-state index contributed by atoms with van der Waals surface area (Å²) in [6, 6.07) is 15.8. The van der Waals surface area contributed by atoms with Crippen molar-refractivity contribution in [2.45, 2.75) is 42.5 Å². The summed E-state index contributed by atoms with van der Waals surface area (Å²) in [5, 5.41) is 0. The lowest BCUT2D eigenvalue weighted by Crippen LogP contribution is -2.81. The van der Waals surface area contributed by atoms with Crippen molar-refractivity contribution in [3.05, 3.63) is 71.3 Å². The minimum atomic E-state index is -0.420. The van der Waals surface area contributed by atoms with Crippen LogP contribution in [-0.2, 0) is 23.1 Å². The van der Waals surface area contributed by atoms with Crippen LogP contribution in [0.2, 0.25) is 0 Å². The molecule has 2 spiro atoms. The van der Waals surface area contributed by atoms with E-state index in [0.717, 1.165) is 50.5 Å². The molecule has 9 rings (SSSR count). The standard InChI is InChI=1S/C30H34N2O3/c1-31-14-13-29-25-20-9-10-23(33-2)26(25)35-27(29)30(34-3)12-11-28(29,24(31)15-20)21-17-32(18-22(21)30)16-19-7-5-4-6-8-19/h4-12,21-22,24,27H,13-18H2,1-3H3/t21-,22+,24-,27-,28-,29+,30-/m1/s1. The van der Waals surface area contributed by atoms with Crippen LogP contribution in [0.25, 0.3) is 0 Å². The molecule has 0 radical (unpaired) electrons. The average Bonchev–Trinajstić information content (AvgIpc) is 3.48. The number of methoxy groups -OCH3 is 2. The molecule has 1 saturated carbocycles. The molecule has 182 valence electrons. The Labute approximate surface area is 207 Å². The van der Waals surface area contributed by atoms with Crippen LogP contribution in [-0.4, -0.2) is 68.4 Å². The molecule has 35 heavy (non-hydrogen) atoms. The van der Waals surface area contributed by atoms with E-state index in [1.807, 2.05) is 7.11 Å². The second kappa shape index (κ2) is 6.70. The first-order valence-electron chi connectivity index (χ1n) is 13.2. The lowest BCUT2D eigenvalue weighted by Gasteiger charge is -2.73. The van der Waals surface area contributed by atoms with Gasteiger partial charge < -0.3 is 19.1 Å². The molecule has 0 N–H and O–H groups in total. The lowest BCUT2D eigenvalue weighted by atomic mass is 9.34. The highest BCUT2D eigenvalue weighted by Crippen LogP contribution is 2.77. The molecule has 2 aromatic rings. The van der Waals surface area contributed by atoms with Gasteiger partial charge in [-0.25, -0.2) is 0 Å². The summed E-state index contributed by atoms with van der Waals surface area (Å²) >= 11 is 0. The van der Waals surface area contributed by atoms with Crippen molar-refractivity contribution in [1.29, 1.82) is 0 Å². The topological polar surface area (TPSA) is 34.2 Å². The van der Waals surface area contributed by atoms with Crippen molar-refractivity contribution < 1.29 is 14.2 Å². The summed E-state index contributed by atoms with van der Waals surface area (Å²) in [5.74, 6) is 2.82. The molecule has 2 saturated heterocycles. The predicted octanol–water partition coefficient (Wildman–Crippen LogP) is 3.66. The van der Waals surface area contributed by atoms with Gasteiger partial charge in [-0.3, -0.25) is 4.90 Å². The molecule has 3 fully saturated rings. The van der Waals surface area contributed by atoms with E-state index in [1.54, 1.807) is 7.11 Å². The van der Waals surface area contributed by atoms with Gasteiger partial charge in [0, 0.05) is 49.7 Å². The summed E-state index contributed by atoms with van der Waals surface area (Å²) in [6.45, 7) is 4.26. The molecule has 4 aliphatic carbocycles. The van der Waals surface area contributed by atoms with Gasteiger partial charge in [0.2, 0.25) is 0 Å². The molecule has 3 aliphatic heterocycles. The largest absolute Gasteiger partial charge is 0.493 e. The number of likely N-dealkylation sites (N-methyl/N-ethyl adjacent to an activating group) is 1. The molecule has 0 amide bonds. The molecule has 3 heterocycles. The van der Waals surface area contributed by atoms with Crippen LogP contribution in [0.4, 0.5) is 0 Å². The van der Waals surface area contributed by atoms with Gasteiger partial charge >= 0.3 is 0 Å². The van der Waals surface area contributed by atoms with E-state index in [2.05, 4.69) is 71.5 Å². The van der Waals surface area contributed by atoms with Crippen molar-refractivity contribution in [2.75, 3.05) is 40.9 Å². The molecule has 7 atom stereocenters. The quantitative estimate of drug-likeness (QED) is 0.638. The Morgan fingerprint density at radius 2 is 1.86 bits per heavy atom. The zero-order valence-corrected chi connectivity index (χ0v) is 20.9. The summed E-state index contributed by atoms with van der Waals surface area (Å²) < 4.78 is 19.6. The zero-order chi connectivity index (χ0) is 23.6. The van der Waals surface area contributed by atoms with E-state index in [4.69, 9.17) is 14.2 Å². The molecule has 5 nitrogen and oxygen atoms in total. The van der Waals surface area contributed by atoms with Crippen LogP contribution in [0, 0.1) is 17.3 Å². The fourth-order valence-corrected chi connectivity index (χ4v) is 9.75. The second-order valence-corrected chi connectivity index (χ2v) is 11.8. The second-order valence-electron chi connectivity index (χ2n) is 11.8. The molecular weight excluding hydrogens is 436 g/mol. The first-order valence-corrected chi connectivity index (χ1v) is 13.2. The highest BCUT2D eigenvalue weighted by molar-refractivity contribution is 5.66. The molecular formula is C30H34N2O3. The van der Waals surface area contributed by atoms with Crippen molar-refractivity contribution in [2.24, 2.45) is 17.3 Å². The van der Waals surface area contributed by atoms with Gasteiger partial charge in [-0.15, -0.1) is 0 Å². The van der Waals surface area contributed by atoms with Crippen molar-refractivity contribution >= 4 is 0 Å².